The van der Waals surface area contributed by atoms with Gasteiger partial charge in [0.15, 0.2) is 0 Å². The van der Waals surface area contributed by atoms with E-state index in [1.807, 2.05) is 12.1 Å². The van der Waals surface area contributed by atoms with Crippen molar-refractivity contribution in [2.75, 3.05) is 5.75 Å². The number of amides is 4. The van der Waals surface area contributed by atoms with Crippen LogP contribution >= 0.6 is 11.8 Å². The summed E-state index contributed by atoms with van der Waals surface area (Å²) in [6.07, 6.45) is 7.16. The number of hydrogen-bond acceptors (Lipinski definition) is 6. The second kappa shape index (κ2) is 12.7. The molecule has 1 atom stereocenters. The number of hydrogen-bond donors (Lipinski definition) is 2. The van der Waals surface area contributed by atoms with Crippen LogP contribution < -0.4 is 10.6 Å². The summed E-state index contributed by atoms with van der Waals surface area (Å²) in [5.74, 6) is -1.12. The number of benzene rings is 2. The van der Waals surface area contributed by atoms with Gasteiger partial charge in [-0.15, -0.1) is 18.3 Å². The number of carbonyl (C=O) groups is 4. The quantitative estimate of drug-likeness (QED) is 0.158. The lowest BCUT2D eigenvalue weighted by molar-refractivity contribution is -0.136. The predicted molar refractivity (Wildman–Crippen MR) is 154 cm³/mol. The van der Waals surface area contributed by atoms with E-state index in [1.54, 1.807) is 23.9 Å². The highest BCUT2D eigenvalue weighted by Crippen LogP contribution is 2.34. The molecule has 2 aromatic carbocycles. The molecule has 8 heteroatoms. The average molecular weight is 548 g/mol. The van der Waals surface area contributed by atoms with Crippen molar-refractivity contribution in [2.24, 2.45) is 0 Å². The Balaban J connectivity index is 1.31. The minimum Gasteiger partial charge on any atom is -0.307 e. The average Bonchev–Trinajstić information content (AvgIpc) is 3.20. The Hall–Kier alpha value is -3.23. The standard InChI is InChI=1S/C31H37N3O4S/c1-4-18-31(5-2,6-3)32-20-22-14-12-21(13-15-22)9-8-19-39-25-11-7-10-23-27(25)30(38)34(29(23)37)24-16-17-26(35)33-28(24)36/h4,7,10-15,24,32H,1,5-6,8-9,16-20H2,2-3H3,(H,33,35,36). The molecule has 0 spiro atoms. The monoisotopic (exact) mass is 547 g/mol. The van der Waals surface area contributed by atoms with Gasteiger partial charge in [0, 0.05) is 23.4 Å². The van der Waals surface area contributed by atoms with Crippen molar-refractivity contribution in [1.82, 2.24) is 15.5 Å². The number of rotatable bonds is 13. The van der Waals surface area contributed by atoms with E-state index in [2.05, 4.69) is 55.3 Å². The molecule has 1 saturated heterocycles. The second-order valence-electron chi connectivity index (χ2n) is 10.2. The van der Waals surface area contributed by atoms with Crippen molar-refractivity contribution in [3.8, 4) is 0 Å². The summed E-state index contributed by atoms with van der Waals surface area (Å²) < 4.78 is 0. The Labute approximate surface area is 234 Å². The van der Waals surface area contributed by atoms with Crippen molar-refractivity contribution in [1.29, 1.82) is 0 Å². The molecule has 2 aliphatic rings. The maximum absolute atomic E-state index is 13.2. The summed E-state index contributed by atoms with van der Waals surface area (Å²) in [5, 5.41) is 5.97. The minimum atomic E-state index is -0.950. The maximum Gasteiger partial charge on any atom is 0.263 e. The van der Waals surface area contributed by atoms with Crippen molar-refractivity contribution >= 4 is 35.4 Å². The van der Waals surface area contributed by atoms with Gasteiger partial charge in [-0.25, -0.2) is 0 Å². The fourth-order valence-corrected chi connectivity index (χ4v) is 6.34. The van der Waals surface area contributed by atoms with Crippen LogP contribution in [0.4, 0.5) is 0 Å². The molecule has 1 unspecified atom stereocenters. The third-order valence-corrected chi connectivity index (χ3v) is 9.02. The molecule has 0 radical (unpaired) electrons. The lowest BCUT2D eigenvalue weighted by Gasteiger charge is -2.32. The molecule has 7 nitrogen and oxygen atoms in total. The van der Waals surface area contributed by atoms with Crippen LogP contribution in [0.5, 0.6) is 0 Å². The van der Waals surface area contributed by atoms with Crippen molar-refractivity contribution in [3.63, 3.8) is 0 Å². The molecule has 4 amide bonds. The van der Waals surface area contributed by atoms with Gasteiger partial charge in [0.25, 0.3) is 11.8 Å². The topological polar surface area (TPSA) is 95.6 Å². The van der Waals surface area contributed by atoms with Crippen molar-refractivity contribution < 1.29 is 19.2 Å². The normalized spacial score (nSPS) is 17.4. The highest BCUT2D eigenvalue weighted by atomic mass is 32.2. The zero-order valence-electron chi connectivity index (χ0n) is 22.8. The first-order valence-corrected chi connectivity index (χ1v) is 14.7. The zero-order valence-corrected chi connectivity index (χ0v) is 23.6. The molecule has 0 saturated carbocycles. The molecule has 2 aliphatic heterocycles. The molecule has 2 aromatic rings. The number of aryl methyl sites for hydroxylation is 1. The molecule has 0 bridgehead atoms. The number of piperidine rings is 1. The molecule has 206 valence electrons. The van der Waals surface area contributed by atoms with Crippen LogP contribution in [0.2, 0.25) is 0 Å². The third-order valence-electron chi connectivity index (χ3n) is 7.88. The Morgan fingerprint density at radius 2 is 1.77 bits per heavy atom. The number of fused-ring (bicyclic) bond motifs is 1. The third kappa shape index (κ3) is 6.34. The molecule has 39 heavy (non-hydrogen) atoms. The van der Waals surface area contributed by atoms with Gasteiger partial charge in [-0.3, -0.25) is 29.4 Å². The minimum absolute atomic E-state index is 0.0974. The van der Waals surface area contributed by atoms with Crippen LogP contribution in [0, 0.1) is 0 Å². The zero-order chi connectivity index (χ0) is 28.0. The van der Waals surface area contributed by atoms with E-state index in [9.17, 15) is 19.2 Å². The first-order valence-electron chi connectivity index (χ1n) is 13.7. The molecule has 0 aliphatic carbocycles. The molecule has 2 N–H and O–H groups in total. The van der Waals surface area contributed by atoms with Crippen LogP contribution in [-0.2, 0) is 22.6 Å². The van der Waals surface area contributed by atoms with Gasteiger partial charge in [-0.05, 0) is 67.5 Å². The first kappa shape index (κ1) is 28.8. The van der Waals surface area contributed by atoms with Crippen LogP contribution in [0.25, 0.3) is 0 Å². The number of thioether (sulfide) groups is 1. The van der Waals surface area contributed by atoms with Gasteiger partial charge in [0.1, 0.15) is 6.04 Å². The van der Waals surface area contributed by atoms with Gasteiger partial charge in [-0.1, -0.05) is 50.3 Å². The van der Waals surface area contributed by atoms with Crippen LogP contribution in [0.1, 0.15) is 84.2 Å². The molecular weight excluding hydrogens is 510 g/mol. The van der Waals surface area contributed by atoms with Crippen molar-refractivity contribution in [2.45, 2.75) is 81.8 Å². The fourth-order valence-electron chi connectivity index (χ4n) is 5.31. The van der Waals surface area contributed by atoms with Gasteiger partial charge in [-0.2, -0.15) is 0 Å². The van der Waals surface area contributed by atoms with E-state index in [4.69, 9.17) is 0 Å². The second-order valence-corrected chi connectivity index (χ2v) is 11.4. The first-order chi connectivity index (χ1) is 18.8. The Morgan fingerprint density at radius 1 is 1.05 bits per heavy atom. The predicted octanol–water partition coefficient (Wildman–Crippen LogP) is 5.04. The highest BCUT2D eigenvalue weighted by Gasteiger charge is 2.45. The maximum atomic E-state index is 13.2. The smallest absolute Gasteiger partial charge is 0.263 e. The number of carbonyl (C=O) groups excluding carboxylic acids is 4. The summed E-state index contributed by atoms with van der Waals surface area (Å²) in [6, 6.07) is 13.0. The van der Waals surface area contributed by atoms with E-state index in [1.165, 1.54) is 11.1 Å². The summed E-state index contributed by atoms with van der Waals surface area (Å²) in [5.41, 5.74) is 3.30. The van der Waals surface area contributed by atoms with Gasteiger partial charge in [0.2, 0.25) is 11.8 Å². The number of nitrogens with zero attached hydrogens (tertiary/aromatic N) is 1. The molecule has 0 aromatic heterocycles. The van der Waals surface area contributed by atoms with E-state index < -0.39 is 23.8 Å². The van der Waals surface area contributed by atoms with E-state index in [0.29, 0.717) is 11.1 Å². The summed E-state index contributed by atoms with van der Waals surface area (Å²) in [6.45, 7) is 9.17. The van der Waals surface area contributed by atoms with Gasteiger partial charge >= 0.3 is 0 Å². The lowest BCUT2D eigenvalue weighted by Crippen LogP contribution is -2.54. The SMILES string of the molecule is C=CCC(CC)(CC)NCc1ccc(CCCSc2cccc3c2C(=O)N(C2CCC(=O)NC2=O)C3=O)cc1. The van der Waals surface area contributed by atoms with E-state index in [-0.39, 0.29) is 24.3 Å². The summed E-state index contributed by atoms with van der Waals surface area (Å²) in [4.78, 5) is 51.9. The van der Waals surface area contributed by atoms with E-state index in [0.717, 1.165) is 54.2 Å². The van der Waals surface area contributed by atoms with Crippen LogP contribution in [0.3, 0.4) is 0 Å². The van der Waals surface area contributed by atoms with Gasteiger partial charge < -0.3 is 5.32 Å². The molecule has 1 fully saturated rings. The van der Waals surface area contributed by atoms with Crippen LogP contribution in [0.15, 0.2) is 60.0 Å². The van der Waals surface area contributed by atoms with E-state index >= 15 is 0 Å². The molecule has 2 heterocycles. The van der Waals surface area contributed by atoms with Crippen LogP contribution in [-0.4, -0.2) is 45.9 Å². The van der Waals surface area contributed by atoms with Gasteiger partial charge in [0.05, 0.1) is 11.1 Å². The molecule has 4 rings (SSSR count). The van der Waals surface area contributed by atoms with Crippen molar-refractivity contribution in [3.05, 3.63) is 77.4 Å². The molecular formula is C31H37N3O4S. The number of imide groups is 2. The summed E-state index contributed by atoms with van der Waals surface area (Å²) in [7, 11) is 0. The summed E-state index contributed by atoms with van der Waals surface area (Å²) >= 11 is 1.55. The highest BCUT2D eigenvalue weighted by molar-refractivity contribution is 7.99. The largest absolute Gasteiger partial charge is 0.307 e. The Kier molecular flexibility index (Phi) is 9.40. The lowest BCUT2D eigenvalue weighted by atomic mass is 9.88. The Morgan fingerprint density at radius 3 is 2.44 bits per heavy atom. The Bertz CT molecular complexity index is 1250. The number of nitrogens with one attached hydrogen (secondary N) is 2. The fraction of sp³-hybridized carbons (Fsp3) is 0.419.